The van der Waals surface area contributed by atoms with Crippen molar-refractivity contribution >= 4 is 0 Å². The predicted molar refractivity (Wildman–Crippen MR) is 77.6 cm³/mol. The first-order valence-electron chi connectivity index (χ1n) is 6.21. The van der Waals surface area contributed by atoms with Crippen molar-refractivity contribution < 1.29 is 9.47 Å². The second kappa shape index (κ2) is 5.76. The Balaban J connectivity index is 2.57. The molecule has 0 aliphatic rings. The molecule has 2 aromatic rings. The van der Waals surface area contributed by atoms with Crippen molar-refractivity contribution in [3.05, 3.63) is 47.5 Å². The molecular weight excluding hydrogens is 238 g/mol. The summed E-state index contributed by atoms with van der Waals surface area (Å²) in [5.41, 5.74) is 10.2. The first-order valence-corrected chi connectivity index (χ1v) is 6.21. The van der Waals surface area contributed by atoms with Gasteiger partial charge in [-0.2, -0.15) is 0 Å². The Labute approximate surface area is 114 Å². The van der Waals surface area contributed by atoms with E-state index in [0.29, 0.717) is 6.54 Å². The molecule has 0 saturated heterocycles. The Hall–Kier alpha value is -2.00. The molecule has 0 saturated carbocycles. The van der Waals surface area contributed by atoms with Crippen LogP contribution in [0.3, 0.4) is 0 Å². The lowest BCUT2D eigenvalue weighted by atomic mass is 9.97. The Morgan fingerprint density at radius 1 is 0.947 bits per heavy atom. The molecule has 0 spiro atoms. The molecule has 0 aliphatic carbocycles. The Bertz CT molecular complexity index is 579. The summed E-state index contributed by atoms with van der Waals surface area (Å²) in [6.45, 7) is 2.62. The first kappa shape index (κ1) is 13.4. The van der Waals surface area contributed by atoms with Crippen LogP contribution in [0.4, 0.5) is 0 Å². The largest absolute Gasteiger partial charge is 0.497 e. The highest BCUT2D eigenvalue weighted by molar-refractivity contribution is 5.74. The molecule has 3 heteroatoms. The molecule has 0 amide bonds. The summed E-state index contributed by atoms with van der Waals surface area (Å²) in [5, 5.41) is 0. The maximum atomic E-state index is 5.71. The second-order valence-corrected chi connectivity index (χ2v) is 4.42. The van der Waals surface area contributed by atoms with Gasteiger partial charge in [0.15, 0.2) is 0 Å². The Kier molecular flexibility index (Phi) is 4.07. The van der Waals surface area contributed by atoms with Crippen LogP contribution in [0.15, 0.2) is 36.4 Å². The fourth-order valence-electron chi connectivity index (χ4n) is 2.11. The van der Waals surface area contributed by atoms with Gasteiger partial charge in [-0.1, -0.05) is 12.1 Å². The summed E-state index contributed by atoms with van der Waals surface area (Å²) in [6.07, 6.45) is 0. The van der Waals surface area contributed by atoms with Crippen molar-refractivity contribution in [2.24, 2.45) is 5.73 Å². The van der Waals surface area contributed by atoms with E-state index in [1.54, 1.807) is 14.2 Å². The minimum atomic E-state index is 0.533. The molecule has 0 radical (unpaired) electrons. The highest BCUT2D eigenvalue weighted by Gasteiger charge is 2.10. The van der Waals surface area contributed by atoms with Crippen LogP contribution in [-0.4, -0.2) is 14.2 Å². The van der Waals surface area contributed by atoms with E-state index in [4.69, 9.17) is 15.2 Å². The van der Waals surface area contributed by atoms with Crippen LogP contribution in [0, 0.1) is 6.92 Å². The average Bonchev–Trinajstić information content (AvgIpc) is 2.47. The fraction of sp³-hybridized carbons (Fsp3) is 0.250. The van der Waals surface area contributed by atoms with Crippen LogP contribution in [0.5, 0.6) is 11.5 Å². The van der Waals surface area contributed by atoms with Gasteiger partial charge in [0.1, 0.15) is 11.5 Å². The van der Waals surface area contributed by atoms with Crippen molar-refractivity contribution in [2.45, 2.75) is 13.5 Å². The lowest BCUT2D eigenvalue weighted by molar-refractivity contribution is 0.395. The Morgan fingerprint density at radius 2 is 1.74 bits per heavy atom. The zero-order chi connectivity index (χ0) is 13.8. The summed E-state index contributed by atoms with van der Waals surface area (Å²) in [7, 11) is 3.31. The third-order valence-electron chi connectivity index (χ3n) is 3.24. The van der Waals surface area contributed by atoms with Crippen LogP contribution in [-0.2, 0) is 6.54 Å². The number of aryl methyl sites for hydroxylation is 1. The monoisotopic (exact) mass is 257 g/mol. The van der Waals surface area contributed by atoms with Gasteiger partial charge in [-0.15, -0.1) is 0 Å². The van der Waals surface area contributed by atoms with Gasteiger partial charge in [-0.25, -0.2) is 0 Å². The first-order chi connectivity index (χ1) is 9.19. The molecular formula is C16H19NO2. The lowest BCUT2D eigenvalue weighted by Gasteiger charge is -2.13. The van der Waals surface area contributed by atoms with E-state index in [0.717, 1.165) is 28.2 Å². The molecule has 3 nitrogen and oxygen atoms in total. The number of nitrogens with two attached hydrogens (primary N) is 1. The van der Waals surface area contributed by atoms with Crippen molar-refractivity contribution in [1.29, 1.82) is 0 Å². The average molecular weight is 257 g/mol. The third kappa shape index (κ3) is 2.71. The topological polar surface area (TPSA) is 44.5 Å². The number of methoxy groups -OCH3 is 2. The van der Waals surface area contributed by atoms with Crippen LogP contribution < -0.4 is 15.2 Å². The molecule has 19 heavy (non-hydrogen) atoms. The molecule has 2 N–H and O–H groups in total. The molecule has 100 valence electrons. The van der Waals surface area contributed by atoms with Crippen molar-refractivity contribution in [1.82, 2.24) is 0 Å². The standard InChI is InChI=1S/C16H19NO2/c1-11-4-5-12(10-17)8-15(11)14-7-6-13(18-2)9-16(14)19-3/h4-9H,10,17H2,1-3H3. The number of rotatable bonds is 4. The third-order valence-corrected chi connectivity index (χ3v) is 3.24. The maximum Gasteiger partial charge on any atom is 0.130 e. The predicted octanol–water partition coefficient (Wildman–Crippen LogP) is 3.14. The van der Waals surface area contributed by atoms with Gasteiger partial charge in [0, 0.05) is 18.2 Å². The van der Waals surface area contributed by atoms with Crippen LogP contribution >= 0.6 is 0 Å². The zero-order valence-electron chi connectivity index (χ0n) is 11.6. The molecule has 0 heterocycles. The van der Waals surface area contributed by atoms with Gasteiger partial charge >= 0.3 is 0 Å². The number of hydrogen-bond acceptors (Lipinski definition) is 3. The number of ether oxygens (including phenoxy) is 2. The van der Waals surface area contributed by atoms with Crippen molar-refractivity contribution in [3.63, 3.8) is 0 Å². The van der Waals surface area contributed by atoms with Gasteiger partial charge in [0.2, 0.25) is 0 Å². The summed E-state index contributed by atoms with van der Waals surface area (Å²) in [4.78, 5) is 0. The van der Waals surface area contributed by atoms with Gasteiger partial charge in [-0.3, -0.25) is 0 Å². The van der Waals surface area contributed by atoms with Crippen LogP contribution in [0.2, 0.25) is 0 Å². The number of hydrogen-bond donors (Lipinski definition) is 1. The van der Waals surface area contributed by atoms with Gasteiger partial charge in [-0.05, 0) is 41.8 Å². The smallest absolute Gasteiger partial charge is 0.130 e. The van der Waals surface area contributed by atoms with E-state index in [2.05, 4.69) is 25.1 Å². The summed E-state index contributed by atoms with van der Waals surface area (Å²) in [6, 6.07) is 12.1. The lowest BCUT2D eigenvalue weighted by Crippen LogP contribution is -1.98. The van der Waals surface area contributed by atoms with Gasteiger partial charge in [0.05, 0.1) is 14.2 Å². The van der Waals surface area contributed by atoms with E-state index < -0.39 is 0 Å². The van der Waals surface area contributed by atoms with Crippen LogP contribution in [0.25, 0.3) is 11.1 Å². The molecule has 2 rings (SSSR count). The molecule has 0 fully saturated rings. The molecule has 0 bridgehead atoms. The van der Waals surface area contributed by atoms with E-state index in [1.165, 1.54) is 5.56 Å². The summed E-state index contributed by atoms with van der Waals surface area (Å²) in [5.74, 6) is 1.59. The molecule has 0 aromatic heterocycles. The van der Waals surface area contributed by atoms with Gasteiger partial charge < -0.3 is 15.2 Å². The summed E-state index contributed by atoms with van der Waals surface area (Å²) >= 11 is 0. The van der Waals surface area contributed by atoms with Crippen molar-refractivity contribution in [2.75, 3.05) is 14.2 Å². The highest BCUT2D eigenvalue weighted by atomic mass is 16.5. The zero-order valence-corrected chi connectivity index (χ0v) is 11.6. The maximum absolute atomic E-state index is 5.71. The second-order valence-electron chi connectivity index (χ2n) is 4.42. The Morgan fingerprint density at radius 3 is 2.37 bits per heavy atom. The van der Waals surface area contributed by atoms with Crippen LogP contribution in [0.1, 0.15) is 11.1 Å². The quantitative estimate of drug-likeness (QED) is 0.915. The number of benzene rings is 2. The SMILES string of the molecule is COc1ccc(-c2cc(CN)ccc2C)c(OC)c1. The van der Waals surface area contributed by atoms with E-state index in [1.807, 2.05) is 18.2 Å². The van der Waals surface area contributed by atoms with Gasteiger partial charge in [0.25, 0.3) is 0 Å². The summed E-state index contributed by atoms with van der Waals surface area (Å²) < 4.78 is 10.7. The van der Waals surface area contributed by atoms with E-state index in [9.17, 15) is 0 Å². The molecule has 0 aliphatic heterocycles. The van der Waals surface area contributed by atoms with E-state index >= 15 is 0 Å². The normalized spacial score (nSPS) is 10.3. The van der Waals surface area contributed by atoms with E-state index in [-0.39, 0.29) is 0 Å². The molecule has 0 unspecified atom stereocenters. The minimum Gasteiger partial charge on any atom is -0.497 e. The highest BCUT2D eigenvalue weighted by Crippen LogP contribution is 2.35. The molecule has 0 atom stereocenters. The molecule has 2 aromatic carbocycles. The van der Waals surface area contributed by atoms with Crippen molar-refractivity contribution in [3.8, 4) is 22.6 Å². The fourth-order valence-corrected chi connectivity index (χ4v) is 2.11. The minimum absolute atomic E-state index is 0.533.